The summed E-state index contributed by atoms with van der Waals surface area (Å²) in [6, 6.07) is 0.180. The Hall–Kier alpha value is -1.67. The van der Waals surface area contributed by atoms with Gasteiger partial charge in [-0.15, -0.1) is 0 Å². The van der Waals surface area contributed by atoms with E-state index in [9.17, 15) is 0 Å². The molecule has 1 aliphatic rings. The number of aliphatic hydroxyl groups excluding tert-OH is 1. The first-order valence-electron chi connectivity index (χ1n) is 7.58. The largest absolute Gasteiger partial charge is 0.396 e. The Morgan fingerprint density at radius 1 is 1.19 bits per heavy atom. The fourth-order valence-electron chi connectivity index (χ4n) is 2.42. The van der Waals surface area contributed by atoms with E-state index in [0.29, 0.717) is 17.8 Å². The number of aromatic nitrogens is 3. The summed E-state index contributed by atoms with van der Waals surface area (Å²) in [6.07, 6.45) is 5.18. The van der Waals surface area contributed by atoms with Crippen LogP contribution >= 0.6 is 0 Å². The zero-order valence-corrected chi connectivity index (χ0v) is 12.5. The summed E-state index contributed by atoms with van der Waals surface area (Å²) < 4.78 is 0. The van der Waals surface area contributed by atoms with Crippen LogP contribution in [0, 0.1) is 0 Å². The summed E-state index contributed by atoms with van der Waals surface area (Å²) in [4.78, 5) is 15.2. The van der Waals surface area contributed by atoms with Crippen molar-refractivity contribution < 1.29 is 5.11 Å². The Labute approximate surface area is 125 Å². The first-order chi connectivity index (χ1) is 10.2. The number of nitrogen functional groups attached to an aromatic ring is 1. The van der Waals surface area contributed by atoms with Crippen LogP contribution in [-0.2, 0) is 0 Å². The third-order valence-electron chi connectivity index (χ3n) is 3.56. The van der Waals surface area contributed by atoms with Crippen molar-refractivity contribution in [3.8, 4) is 0 Å². The zero-order chi connectivity index (χ0) is 15.1. The highest BCUT2D eigenvalue weighted by atomic mass is 16.2. The molecule has 1 aromatic heterocycles. The van der Waals surface area contributed by atoms with Gasteiger partial charge in [-0.3, -0.25) is 5.43 Å². The van der Waals surface area contributed by atoms with Crippen molar-refractivity contribution in [2.75, 3.05) is 35.3 Å². The van der Waals surface area contributed by atoms with Crippen LogP contribution in [0.3, 0.4) is 0 Å². The van der Waals surface area contributed by atoms with Gasteiger partial charge in [0.2, 0.25) is 17.8 Å². The number of rotatable bonds is 7. The summed E-state index contributed by atoms with van der Waals surface area (Å²) in [5.74, 6) is 6.99. The molecule has 0 aromatic carbocycles. The van der Waals surface area contributed by atoms with Crippen LogP contribution in [0.4, 0.5) is 17.8 Å². The Balaban J connectivity index is 2.09. The smallest absolute Gasteiger partial charge is 0.243 e. The molecule has 118 valence electrons. The highest BCUT2D eigenvalue weighted by molar-refractivity contribution is 5.43. The van der Waals surface area contributed by atoms with Gasteiger partial charge in [0, 0.05) is 25.7 Å². The normalized spacial score (nSPS) is 16.6. The number of nitrogens with two attached hydrogens (primary N) is 1. The third-order valence-corrected chi connectivity index (χ3v) is 3.56. The molecule has 0 saturated carbocycles. The minimum absolute atomic E-state index is 0.180. The summed E-state index contributed by atoms with van der Waals surface area (Å²) in [5.41, 5.74) is 2.49. The van der Waals surface area contributed by atoms with Crippen LogP contribution in [-0.4, -0.2) is 45.8 Å². The molecule has 1 fully saturated rings. The molecule has 0 aliphatic carbocycles. The number of hydrogen-bond acceptors (Lipinski definition) is 8. The minimum Gasteiger partial charge on any atom is -0.396 e. The Bertz CT molecular complexity index is 437. The first kappa shape index (κ1) is 15.7. The fourth-order valence-corrected chi connectivity index (χ4v) is 2.42. The molecule has 0 amide bonds. The number of piperidine rings is 1. The maximum Gasteiger partial charge on any atom is 0.243 e. The molecule has 2 heterocycles. The molecule has 8 heteroatoms. The van der Waals surface area contributed by atoms with E-state index in [0.717, 1.165) is 38.8 Å². The molecule has 1 unspecified atom stereocenters. The van der Waals surface area contributed by atoms with Gasteiger partial charge in [-0.25, -0.2) is 5.84 Å². The fraction of sp³-hybridized carbons (Fsp3) is 0.769. The van der Waals surface area contributed by atoms with Crippen molar-refractivity contribution in [2.24, 2.45) is 5.84 Å². The van der Waals surface area contributed by atoms with Crippen molar-refractivity contribution in [1.82, 2.24) is 15.0 Å². The molecule has 1 saturated heterocycles. The SMILES string of the molecule is CC(CCCO)Nc1nc(NN)nc(N2CCCCC2)n1. The van der Waals surface area contributed by atoms with E-state index in [4.69, 9.17) is 10.9 Å². The average Bonchev–Trinajstić information content (AvgIpc) is 2.53. The maximum absolute atomic E-state index is 8.88. The lowest BCUT2D eigenvalue weighted by Crippen LogP contribution is -2.32. The highest BCUT2D eigenvalue weighted by Crippen LogP contribution is 2.18. The molecule has 1 aliphatic heterocycles. The minimum atomic E-state index is 0.180. The Morgan fingerprint density at radius 2 is 1.90 bits per heavy atom. The quantitative estimate of drug-likeness (QED) is 0.430. The summed E-state index contributed by atoms with van der Waals surface area (Å²) in [7, 11) is 0. The topological polar surface area (TPSA) is 112 Å². The lowest BCUT2D eigenvalue weighted by molar-refractivity contribution is 0.282. The molecule has 1 aromatic rings. The van der Waals surface area contributed by atoms with Gasteiger partial charge >= 0.3 is 0 Å². The predicted molar refractivity (Wildman–Crippen MR) is 83.1 cm³/mol. The van der Waals surface area contributed by atoms with E-state index < -0.39 is 0 Å². The second kappa shape index (κ2) is 7.94. The van der Waals surface area contributed by atoms with Gasteiger partial charge in [-0.05, 0) is 39.0 Å². The van der Waals surface area contributed by atoms with Crippen LogP contribution in [0.15, 0.2) is 0 Å². The molecular weight excluding hydrogens is 270 g/mol. The molecule has 2 rings (SSSR count). The Kier molecular flexibility index (Phi) is 5.94. The van der Waals surface area contributed by atoms with Gasteiger partial charge in [0.05, 0.1) is 0 Å². The van der Waals surface area contributed by atoms with Gasteiger partial charge in [0.15, 0.2) is 0 Å². The van der Waals surface area contributed by atoms with Crippen LogP contribution in [0.25, 0.3) is 0 Å². The molecule has 1 atom stereocenters. The second-order valence-electron chi connectivity index (χ2n) is 5.39. The molecule has 5 N–H and O–H groups in total. The lowest BCUT2D eigenvalue weighted by Gasteiger charge is -2.27. The van der Waals surface area contributed by atoms with Gasteiger partial charge < -0.3 is 15.3 Å². The number of nitrogens with one attached hydrogen (secondary N) is 2. The average molecular weight is 295 g/mol. The van der Waals surface area contributed by atoms with E-state index in [1.165, 1.54) is 6.42 Å². The first-order valence-corrected chi connectivity index (χ1v) is 7.58. The maximum atomic E-state index is 8.88. The number of anilines is 3. The lowest BCUT2D eigenvalue weighted by atomic mass is 10.1. The third kappa shape index (κ3) is 4.68. The van der Waals surface area contributed by atoms with E-state index in [1.807, 2.05) is 6.92 Å². The number of hydrogen-bond donors (Lipinski definition) is 4. The zero-order valence-electron chi connectivity index (χ0n) is 12.5. The molecule has 21 heavy (non-hydrogen) atoms. The predicted octanol–water partition coefficient (Wildman–Crippen LogP) is 0.720. The van der Waals surface area contributed by atoms with Crippen molar-refractivity contribution >= 4 is 17.8 Å². The highest BCUT2D eigenvalue weighted by Gasteiger charge is 2.16. The van der Waals surface area contributed by atoms with Crippen molar-refractivity contribution in [2.45, 2.75) is 45.1 Å². The van der Waals surface area contributed by atoms with Gasteiger partial charge in [0.25, 0.3) is 0 Å². The standard InChI is InChI=1S/C13H25N7O/c1-10(6-5-9-21)15-11-16-12(19-14)18-13(17-11)20-7-3-2-4-8-20/h10,21H,2-9,14H2,1H3,(H2,15,16,17,18,19). The van der Waals surface area contributed by atoms with Gasteiger partial charge in [-0.2, -0.15) is 15.0 Å². The van der Waals surface area contributed by atoms with Crippen LogP contribution in [0.5, 0.6) is 0 Å². The van der Waals surface area contributed by atoms with E-state index in [2.05, 4.69) is 30.6 Å². The molecule has 8 nitrogen and oxygen atoms in total. The Morgan fingerprint density at radius 3 is 2.57 bits per heavy atom. The van der Waals surface area contributed by atoms with Crippen LogP contribution in [0.1, 0.15) is 39.0 Å². The number of aliphatic hydroxyl groups is 1. The van der Waals surface area contributed by atoms with E-state index >= 15 is 0 Å². The molecule has 0 radical (unpaired) electrons. The molecule has 0 bridgehead atoms. The molecular formula is C13H25N7O. The number of nitrogens with zero attached hydrogens (tertiary/aromatic N) is 4. The van der Waals surface area contributed by atoms with Crippen LogP contribution in [0.2, 0.25) is 0 Å². The van der Waals surface area contributed by atoms with E-state index in [1.54, 1.807) is 0 Å². The summed E-state index contributed by atoms with van der Waals surface area (Å²) >= 11 is 0. The second-order valence-corrected chi connectivity index (χ2v) is 5.39. The monoisotopic (exact) mass is 295 g/mol. The number of hydrazine groups is 1. The van der Waals surface area contributed by atoms with Crippen LogP contribution < -0.4 is 21.5 Å². The van der Waals surface area contributed by atoms with Crippen molar-refractivity contribution in [3.05, 3.63) is 0 Å². The molecule has 0 spiro atoms. The van der Waals surface area contributed by atoms with Crippen molar-refractivity contribution in [1.29, 1.82) is 0 Å². The van der Waals surface area contributed by atoms with Gasteiger partial charge in [-0.1, -0.05) is 0 Å². The summed E-state index contributed by atoms with van der Waals surface area (Å²) in [5, 5.41) is 12.1. The van der Waals surface area contributed by atoms with Crippen molar-refractivity contribution in [3.63, 3.8) is 0 Å². The summed E-state index contributed by atoms with van der Waals surface area (Å²) in [6.45, 7) is 4.16. The van der Waals surface area contributed by atoms with Gasteiger partial charge in [0.1, 0.15) is 0 Å². The van der Waals surface area contributed by atoms with E-state index in [-0.39, 0.29) is 12.6 Å².